The fourth-order valence-electron chi connectivity index (χ4n) is 2.14. The number of sulfonamides is 1. The van der Waals surface area contributed by atoms with Gasteiger partial charge in [0.05, 0.1) is 18.4 Å². The Labute approximate surface area is 156 Å². The van der Waals surface area contributed by atoms with Gasteiger partial charge in [-0.1, -0.05) is 12.1 Å². The molecule has 0 fully saturated rings. The van der Waals surface area contributed by atoms with Gasteiger partial charge in [0, 0.05) is 5.69 Å². The summed E-state index contributed by atoms with van der Waals surface area (Å²) in [6.07, 6.45) is -1.10. The fourth-order valence-corrected chi connectivity index (χ4v) is 3.20. The van der Waals surface area contributed by atoms with Gasteiger partial charge in [-0.25, -0.2) is 17.6 Å². The molecule has 0 aromatic heterocycles. The second kappa shape index (κ2) is 8.63. The highest BCUT2D eigenvalue weighted by Gasteiger charge is 2.18. The number of halogens is 1. The van der Waals surface area contributed by atoms with Crippen LogP contribution >= 0.6 is 0 Å². The molecule has 9 heteroatoms. The Hall–Kier alpha value is -2.94. The first-order valence-corrected chi connectivity index (χ1v) is 9.34. The molecule has 27 heavy (non-hydrogen) atoms. The van der Waals surface area contributed by atoms with Crippen molar-refractivity contribution in [3.8, 4) is 0 Å². The maximum Gasteiger partial charge on any atom is 0.346 e. The number of benzene rings is 2. The van der Waals surface area contributed by atoms with E-state index in [1.807, 2.05) is 0 Å². The Morgan fingerprint density at radius 2 is 1.67 bits per heavy atom. The Kier molecular flexibility index (Phi) is 6.51. The topological polar surface area (TPSA) is 98.8 Å². The summed E-state index contributed by atoms with van der Waals surface area (Å²) in [5, 5.41) is 0. The summed E-state index contributed by atoms with van der Waals surface area (Å²) in [4.78, 5) is 22.9. The van der Waals surface area contributed by atoms with E-state index in [0.29, 0.717) is 5.56 Å². The van der Waals surface area contributed by atoms with Gasteiger partial charge >= 0.3 is 11.9 Å². The first-order valence-electron chi connectivity index (χ1n) is 7.86. The molecule has 2 rings (SSSR count). The minimum atomic E-state index is -3.85. The molecule has 0 saturated carbocycles. The van der Waals surface area contributed by atoms with E-state index in [2.05, 4.69) is 9.46 Å². The molecule has 144 valence electrons. The van der Waals surface area contributed by atoms with Crippen LogP contribution in [0.1, 0.15) is 12.5 Å². The zero-order valence-corrected chi connectivity index (χ0v) is 15.5. The van der Waals surface area contributed by atoms with Gasteiger partial charge < -0.3 is 9.47 Å². The Bertz CT molecular complexity index is 910. The van der Waals surface area contributed by atoms with Crippen LogP contribution in [-0.2, 0) is 35.5 Å². The van der Waals surface area contributed by atoms with E-state index in [-0.39, 0.29) is 17.0 Å². The SMILES string of the molecule is COC(=O)[C@H](C)OC(=O)Cc1ccc(NS(=O)(=O)c2ccc(F)cc2)cc1. The average Bonchev–Trinajstić information content (AvgIpc) is 2.62. The van der Waals surface area contributed by atoms with Crippen LogP contribution in [0.5, 0.6) is 0 Å². The van der Waals surface area contributed by atoms with Crippen LogP contribution in [0.3, 0.4) is 0 Å². The lowest BCUT2D eigenvalue weighted by Gasteiger charge is -2.11. The molecule has 0 aliphatic carbocycles. The zero-order valence-electron chi connectivity index (χ0n) is 14.6. The Morgan fingerprint density at radius 3 is 2.22 bits per heavy atom. The largest absolute Gasteiger partial charge is 0.466 e. The molecule has 0 heterocycles. The number of ether oxygens (including phenoxy) is 2. The molecule has 0 saturated heterocycles. The van der Waals surface area contributed by atoms with Crippen molar-refractivity contribution in [2.75, 3.05) is 11.8 Å². The molecule has 1 atom stereocenters. The number of rotatable bonds is 7. The van der Waals surface area contributed by atoms with Crippen molar-refractivity contribution in [1.82, 2.24) is 0 Å². The van der Waals surface area contributed by atoms with E-state index >= 15 is 0 Å². The van der Waals surface area contributed by atoms with Crippen molar-refractivity contribution < 1.29 is 31.9 Å². The molecule has 0 amide bonds. The number of carbonyl (C=O) groups excluding carboxylic acids is 2. The highest BCUT2D eigenvalue weighted by Crippen LogP contribution is 2.17. The first-order chi connectivity index (χ1) is 12.7. The van der Waals surface area contributed by atoms with Gasteiger partial charge in [0.25, 0.3) is 10.0 Å². The Balaban J connectivity index is 1.99. The summed E-state index contributed by atoms with van der Waals surface area (Å²) in [6, 6.07) is 10.5. The highest BCUT2D eigenvalue weighted by molar-refractivity contribution is 7.92. The van der Waals surface area contributed by atoms with Crippen LogP contribution in [0.2, 0.25) is 0 Å². The molecular weight excluding hydrogens is 377 g/mol. The zero-order chi connectivity index (χ0) is 20.0. The van der Waals surface area contributed by atoms with Crippen LogP contribution in [0.15, 0.2) is 53.4 Å². The molecular formula is C18H18FNO6S. The van der Waals surface area contributed by atoms with Crippen LogP contribution in [0.4, 0.5) is 10.1 Å². The third-order valence-corrected chi connectivity index (χ3v) is 4.92. The maximum absolute atomic E-state index is 12.9. The van der Waals surface area contributed by atoms with E-state index < -0.39 is 33.9 Å². The molecule has 0 aliphatic heterocycles. The number of anilines is 1. The highest BCUT2D eigenvalue weighted by atomic mass is 32.2. The number of carbonyl (C=O) groups is 2. The van der Waals surface area contributed by atoms with E-state index in [0.717, 1.165) is 24.3 Å². The van der Waals surface area contributed by atoms with Gasteiger partial charge in [-0.15, -0.1) is 0 Å². The van der Waals surface area contributed by atoms with Gasteiger partial charge in [0.1, 0.15) is 5.82 Å². The van der Waals surface area contributed by atoms with Gasteiger partial charge in [-0.2, -0.15) is 0 Å². The lowest BCUT2D eigenvalue weighted by atomic mass is 10.1. The summed E-state index contributed by atoms with van der Waals surface area (Å²) < 4.78 is 49.1. The van der Waals surface area contributed by atoms with Crippen LogP contribution in [0, 0.1) is 5.82 Å². The molecule has 0 spiro atoms. The summed E-state index contributed by atoms with van der Waals surface area (Å²) in [7, 11) is -2.66. The van der Waals surface area contributed by atoms with E-state index in [4.69, 9.17) is 4.74 Å². The smallest absolute Gasteiger partial charge is 0.346 e. The molecule has 0 aliphatic rings. The van der Waals surface area contributed by atoms with Gasteiger partial charge in [-0.3, -0.25) is 9.52 Å². The van der Waals surface area contributed by atoms with Crippen molar-refractivity contribution >= 4 is 27.6 Å². The maximum atomic E-state index is 12.9. The number of hydrogen-bond donors (Lipinski definition) is 1. The molecule has 0 radical (unpaired) electrons. The summed E-state index contributed by atoms with van der Waals surface area (Å²) >= 11 is 0. The molecule has 7 nitrogen and oxygen atoms in total. The van der Waals surface area contributed by atoms with Gasteiger partial charge in [0.2, 0.25) is 0 Å². The second-order valence-corrected chi connectivity index (χ2v) is 7.27. The van der Waals surface area contributed by atoms with Crippen molar-refractivity contribution in [3.05, 3.63) is 59.9 Å². The van der Waals surface area contributed by atoms with Gasteiger partial charge in [-0.05, 0) is 48.9 Å². The normalized spacial score (nSPS) is 12.1. The third-order valence-electron chi connectivity index (χ3n) is 3.52. The number of esters is 2. The summed E-state index contributed by atoms with van der Waals surface area (Å²) in [6.45, 7) is 1.40. The molecule has 1 N–H and O–H groups in total. The predicted molar refractivity (Wildman–Crippen MR) is 94.9 cm³/mol. The van der Waals surface area contributed by atoms with Crippen LogP contribution < -0.4 is 4.72 Å². The molecule has 0 unspecified atom stereocenters. The number of methoxy groups -OCH3 is 1. The fraction of sp³-hybridized carbons (Fsp3) is 0.222. The number of nitrogens with one attached hydrogen (secondary N) is 1. The van der Waals surface area contributed by atoms with Crippen molar-refractivity contribution in [2.45, 2.75) is 24.3 Å². The van der Waals surface area contributed by atoms with Crippen LogP contribution in [0.25, 0.3) is 0 Å². The minimum Gasteiger partial charge on any atom is -0.466 e. The quantitative estimate of drug-likeness (QED) is 0.722. The molecule has 2 aromatic rings. The third kappa shape index (κ3) is 5.78. The summed E-state index contributed by atoms with van der Waals surface area (Å²) in [5.41, 5.74) is 0.848. The van der Waals surface area contributed by atoms with Gasteiger partial charge in [0.15, 0.2) is 6.10 Å². The predicted octanol–water partition coefficient (Wildman–Crippen LogP) is 2.27. The summed E-state index contributed by atoms with van der Waals surface area (Å²) in [5.74, 6) is -1.81. The molecule has 2 aromatic carbocycles. The van der Waals surface area contributed by atoms with E-state index in [1.165, 1.54) is 26.2 Å². The van der Waals surface area contributed by atoms with Crippen molar-refractivity contribution in [3.63, 3.8) is 0 Å². The molecule has 0 bridgehead atoms. The average molecular weight is 395 g/mol. The monoisotopic (exact) mass is 395 g/mol. The standard InChI is InChI=1S/C18H18FNO6S/c1-12(18(22)25-2)26-17(21)11-13-3-7-15(8-4-13)20-27(23,24)16-9-5-14(19)6-10-16/h3-10,12,20H,11H2,1-2H3/t12-/m0/s1. The van der Waals surface area contributed by atoms with E-state index in [9.17, 15) is 22.4 Å². The van der Waals surface area contributed by atoms with E-state index in [1.54, 1.807) is 12.1 Å². The Morgan fingerprint density at radius 1 is 1.07 bits per heavy atom. The van der Waals surface area contributed by atoms with Crippen LogP contribution in [-0.4, -0.2) is 33.6 Å². The van der Waals surface area contributed by atoms with Crippen molar-refractivity contribution in [1.29, 1.82) is 0 Å². The lowest BCUT2D eigenvalue weighted by Crippen LogP contribution is -2.26. The minimum absolute atomic E-state index is 0.0756. The first kappa shape index (κ1) is 20.4. The lowest BCUT2D eigenvalue weighted by molar-refractivity contribution is -0.164. The number of hydrogen-bond acceptors (Lipinski definition) is 6. The second-order valence-electron chi connectivity index (χ2n) is 5.59. The van der Waals surface area contributed by atoms with Crippen molar-refractivity contribution in [2.24, 2.45) is 0 Å².